The van der Waals surface area contributed by atoms with E-state index in [0.717, 1.165) is 45.6 Å². The molecule has 1 aromatic heterocycles. The molecule has 1 aromatic carbocycles. The topological polar surface area (TPSA) is 114 Å². The molecular formula is C22H31Cl2N5O2. The number of hydrogen-bond donors (Lipinski definition) is 3. The van der Waals surface area contributed by atoms with Gasteiger partial charge < -0.3 is 16.8 Å². The molecule has 3 rings (SSSR count). The Balaban J connectivity index is 0.00000240. The summed E-state index contributed by atoms with van der Waals surface area (Å²) in [6.07, 6.45) is 0.810. The molecule has 1 saturated heterocycles. The number of urea groups is 1. The number of aryl methyl sites for hydroxylation is 1. The van der Waals surface area contributed by atoms with Crippen LogP contribution in [0.15, 0.2) is 24.3 Å². The zero-order valence-corrected chi connectivity index (χ0v) is 19.7. The van der Waals surface area contributed by atoms with E-state index in [1.165, 1.54) is 4.90 Å². The van der Waals surface area contributed by atoms with Gasteiger partial charge in [-0.3, -0.25) is 14.7 Å². The van der Waals surface area contributed by atoms with E-state index in [1.807, 2.05) is 31.2 Å². The van der Waals surface area contributed by atoms with Crippen molar-refractivity contribution >= 4 is 36.8 Å². The number of pyridine rings is 1. The zero-order valence-electron chi connectivity index (χ0n) is 18.1. The molecule has 0 atom stereocenters. The Kier molecular flexibility index (Phi) is 9.90. The summed E-state index contributed by atoms with van der Waals surface area (Å²) in [5.41, 5.74) is 18.5. The van der Waals surface area contributed by atoms with Crippen LogP contribution >= 0.6 is 24.8 Å². The van der Waals surface area contributed by atoms with Crippen LogP contribution in [0, 0.1) is 12.8 Å². The number of rotatable bonds is 7. The quantitative estimate of drug-likeness (QED) is 0.541. The first-order chi connectivity index (χ1) is 13.8. The third kappa shape index (κ3) is 5.74. The number of carbonyl (C=O) groups excluding carboxylic acids is 2. The molecule has 0 bridgehead atoms. The molecular weight excluding hydrogens is 437 g/mol. The summed E-state index contributed by atoms with van der Waals surface area (Å²) in [4.78, 5) is 30.4. The molecule has 7 nitrogen and oxygen atoms in total. The maximum Gasteiger partial charge on any atom is 0.324 e. The Labute approximate surface area is 195 Å². The maximum absolute atomic E-state index is 12.2. The van der Waals surface area contributed by atoms with Crippen LogP contribution in [0.2, 0.25) is 0 Å². The lowest BCUT2D eigenvalue weighted by molar-refractivity contribution is -0.125. The Hall–Kier alpha value is -2.19. The van der Waals surface area contributed by atoms with Gasteiger partial charge in [0.15, 0.2) is 0 Å². The van der Waals surface area contributed by atoms with Gasteiger partial charge in [-0.05, 0) is 41.5 Å². The van der Waals surface area contributed by atoms with Gasteiger partial charge >= 0.3 is 6.03 Å². The van der Waals surface area contributed by atoms with Gasteiger partial charge in [0, 0.05) is 30.0 Å². The van der Waals surface area contributed by atoms with E-state index in [4.69, 9.17) is 16.5 Å². The van der Waals surface area contributed by atoms with Crippen molar-refractivity contribution in [1.29, 1.82) is 0 Å². The molecule has 5 N–H and O–H groups in total. The van der Waals surface area contributed by atoms with Crippen molar-refractivity contribution in [2.75, 3.05) is 6.54 Å². The van der Waals surface area contributed by atoms with Crippen LogP contribution in [0.4, 0.5) is 4.79 Å². The van der Waals surface area contributed by atoms with E-state index in [1.54, 1.807) is 0 Å². The van der Waals surface area contributed by atoms with E-state index in [-0.39, 0.29) is 49.8 Å². The van der Waals surface area contributed by atoms with Crippen LogP contribution in [0.3, 0.4) is 0 Å². The van der Waals surface area contributed by atoms with E-state index in [9.17, 15) is 9.59 Å². The summed E-state index contributed by atoms with van der Waals surface area (Å²) < 4.78 is 0. The second-order valence-corrected chi connectivity index (χ2v) is 7.82. The number of amides is 3. The fourth-order valence-corrected chi connectivity index (χ4v) is 3.74. The van der Waals surface area contributed by atoms with Crippen molar-refractivity contribution in [3.63, 3.8) is 0 Å². The number of halogens is 2. The number of nitrogens with one attached hydrogen (secondary N) is 1. The largest absolute Gasteiger partial charge is 0.329 e. The van der Waals surface area contributed by atoms with Crippen LogP contribution in [0.5, 0.6) is 0 Å². The highest BCUT2D eigenvalue weighted by atomic mass is 35.5. The maximum atomic E-state index is 12.2. The molecule has 0 unspecified atom stereocenters. The van der Waals surface area contributed by atoms with Gasteiger partial charge in [-0.2, -0.15) is 0 Å². The number of carbonyl (C=O) groups is 2. The molecule has 1 fully saturated rings. The third-order valence-electron chi connectivity index (χ3n) is 5.23. The van der Waals surface area contributed by atoms with Crippen LogP contribution in [-0.2, 0) is 30.8 Å². The highest BCUT2D eigenvalue weighted by molar-refractivity contribution is 6.02. The molecule has 0 aliphatic carbocycles. The lowest BCUT2D eigenvalue weighted by atomic mass is 9.89. The second kappa shape index (κ2) is 11.4. The predicted octanol–water partition coefficient (Wildman–Crippen LogP) is 3.07. The van der Waals surface area contributed by atoms with Gasteiger partial charge in [0.1, 0.15) is 0 Å². The second-order valence-electron chi connectivity index (χ2n) is 7.82. The average Bonchev–Trinajstić information content (AvgIpc) is 3.01. The van der Waals surface area contributed by atoms with Crippen molar-refractivity contribution < 1.29 is 9.59 Å². The summed E-state index contributed by atoms with van der Waals surface area (Å²) in [7, 11) is 0. The van der Waals surface area contributed by atoms with Crippen molar-refractivity contribution in [2.24, 2.45) is 17.4 Å². The van der Waals surface area contributed by atoms with Gasteiger partial charge in [-0.15, -0.1) is 24.8 Å². The minimum atomic E-state index is -0.376. The Morgan fingerprint density at radius 3 is 2.19 bits per heavy atom. The summed E-state index contributed by atoms with van der Waals surface area (Å²) in [6, 6.07) is 7.64. The fraction of sp³-hybridized carbons (Fsp3) is 0.409. The predicted molar refractivity (Wildman–Crippen MR) is 127 cm³/mol. The first-order valence-corrected chi connectivity index (χ1v) is 9.94. The Morgan fingerprint density at radius 1 is 1.06 bits per heavy atom. The zero-order chi connectivity index (χ0) is 21.1. The van der Waals surface area contributed by atoms with Gasteiger partial charge in [0.05, 0.1) is 13.1 Å². The van der Waals surface area contributed by atoms with Crippen LogP contribution in [0.25, 0.3) is 11.1 Å². The van der Waals surface area contributed by atoms with Crippen LogP contribution in [0.1, 0.15) is 41.9 Å². The smallest absolute Gasteiger partial charge is 0.324 e. The number of nitrogens with zero attached hydrogens (tertiary/aromatic N) is 2. The lowest BCUT2D eigenvalue weighted by Gasteiger charge is -2.23. The molecule has 1 aliphatic rings. The monoisotopic (exact) mass is 467 g/mol. The first kappa shape index (κ1) is 26.8. The lowest BCUT2D eigenvalue weighted by Crippen LogP contribution is -2.31. The van der Waals surface area contributed by atoms with Crippen molar-refractivity contribution in [1.82, 2.24) is 15.2 Å². The normalized spacial score (nSPS) is 13.2. The molecule has 2 heterocycles. The number of benzene rings is 1. The van der Waals surface area contributed by atoms with Crippen molar-refractivity contribution in [3.8, 4) is 11.1 Å². The molecule has 31 heavy (non-hydrogen) atoms. The first-order valence-electron chi connectivity index (χ1n) is 9.94. The average molecular weight is 468 g/mol. The van der Waals surface area contributed by atoms with E-state index in [0.29, 0.717) is 19.0 Å². The molecule has 3 amide bonds. The third-order valence-corrected chi connectivity index (χ3v) is 5.23. The number of imide groups is 1. The summed E-state index contributed by atoms with van der Waals surface area (Å²) in [6.45, 7) is 7.22. The molecule has 1 aliphatic heterocycles. The summed E-state index contributed by atoms with van der Waals surface area (Å²) >= 11 is 0. The van der Waals surface area contributed by atoms with E-state index < -0.39 is 0 Å². The van der Waals surface area contributed by atoms with Crippen molar-refractivity contribution in [2.45, 2.75) is 46.8 Å². The SMILES string of the molecule is Cc1nc(CC(C)C)c(CN)c(-c2ccc(CN)cc2)c1CN1C(=O)CNC1=O.Cl.Cl. The molecule has 0 saturated carbocycles. The van der Waals surface area contributed by atoms with Gasteiger partial charge in [-0.25, -0.2) is 4.79 Å². The standard InChI is InChI=1S/C22H29N5O2.2ClH/c1-13(2)8-19-17(10-24)21(16-6-4-15(9-23)5-7-16)18(14(3)26-19)12-27-20(28)11-25-22(27)29;;/h4-7,13H,8-12,23-24H2,1-3H3,(H,25,29);2*1H. The van der Waals surface area contributed by atoms with Gasteiger partial charge in [0.25, 0.3) is 0 Å². The van der Waals surface area contributed by atoms with Gasteiger partial charge in [0.2, 0.25) is 5.91 Å². The fourth-order valence-electron chi connectivity index (χ4n) is 3.74. The number of nitrogens with two attached hydrogens (primary N) is 2. The Bertz CT molecular complexity index is 916. The van der Waals surface area contributed by atoms with E-state index in [2.05, 4.69) is 19.2 Å². The highest BCUT2D eigenvalue weighted by Crippen LogP contribution is 2.33. The summed E-state index contributed by atoms with van der Waals surface area (Å²) in [5, 5.41) is 2.58. The number of hydrogen-bond acceptors (Lipinski definition) is 5. The van der Waals surface area contributed by atoms with Crippen LogP contribution in [-0.4, -0.2) is 28.4 Å². The highest BCUT2D eigenvalue weighted by Gasteiger charge is 2.31. The minimum absolute atomic E-state index is 0. The minimum Gasteiger partial charge on any atom is -0.329 e. The molecule has 2 aromatic rings. The molecule has 170 valence electrons. The number of aromatic nitrogens is 1. The van der Waals surface area contributed by atoms with E-state index >= 15 is 0 Å². The molecule has 0 radical (unpaired) electrons. The van der Waals surface area contributed by atoms with Crippen molar-refractivity contribution in [3.05, 3.63) is 52.3 Å². The van der Waals surface area contributed by atoms with Gasteiger partial charge in [-0.1, -0.05) is 38.1 Å². The molecule has 0 spiro atoms. The Morgan fingerprint density at radius 2 is 1.71 bits per heavy atom. The molecule has 9 heteroatoms. The summed E-state index contributed by atoms with van der Waals surface area (Å²) in [5.74, 6) is 0.191. The van der Waals surface area contributed by atoms with Crippen LogP contribution < -0.4 is 16.8 Å².